The number of carboxylic acid groups (broad SMARTS) is 1. The molecule has 1 aliphatic rings. The van der Waals surface area contributed by atoms with Crippen LogP contribution in [0.4, 0.5) is 18.0 Å². The molecule has 0 aromatic heterocycles. The molecule has 0 saturated heterocycles. The monoisotopic (exact) mass is 350 g/mol. The van der Waals surface area contributed by atoms with Gasteiger partial charge < -0.3 is 15.6 Å². The Morgan fingerprint density at radius 2 is 2.00 bits per heavy atom. The number of amidine groups is 1. The molecular weight excluding hydrogens is 337 g/mol. The summed E-state index contributed by atoms with van der Waals surface area (Å²) in [4.78, 5) is 13.8. The quantitative estimate of drug-likeness (QED) is 0.638. The Labute approximate surface area is 140 Å². The van der Waals surface area contributed by atoms with Gasteiger partial charge in [0, 0.05) is 12.0 Å². The van der Waals surface area contributed by atoms with Gasteiger partial charge in [-0.25, -0.2) is 4.79 Å². The van der Waals surface area contributed by atoms with E-state index in [0.717, 1.165) is 12.1 Å². The van der Waals surface area contributed by atoms with Crippen LogP contribution in [-0.2, 0) is 12.6 Å². The van der Waals surface area contributed by atoms with E-state index >= 15 is 0 Å². The number of aliphatic imine (C=N–C) groups is 1. The molecule has 5 nitrogen and oxygen atoms in total. The summed E-state index contributed by atoms with van der Waals surface area (Å²) < 4.78 is 44.1. The summed E-state index contributed by atoms with van der Waals surface area (Å²) in [7, 11) is 0. The van der Waals surface area contributed by atoms with Gasteiger partial charge in [-0.1, -0.05) is 18.2 Å². The molecule has 0 bridgehead atoms. The molecule has 0 radical (unpaired) electrons. The van der Waals surface area contributed by atoms with Crippen molar-refractivity contribution in [2.45, 2.75) is 18.7 Å². The van der Waals surface area contributed by atoms with Crippen LogP contribution in [0.1, 0.15) is 28.4 Å². The average molecular weight is 350 g/mol. The van der Waals surface area contributed by atoms with Gasteiger partial charge >= 0.3 is 12.3 Å². The van der Waals surface area contributed by atoms with E-state index in [9.17, 15) is 18.0 Å². The van der Waals surface area contributed by atoms with Gasteiger partial charge in [0.15, 0.2) is 0 Å². The van der Waals surface area contributed by atoms with Crippen molar-refractivity contribution < 1.29 is 27.8 Å². The lowest BCUT2D eigenvalue weighted by atomic mass is 10.0. The Balaban J connectivity index is 1.86. The molecule has 0 spiro atoms. The first kappa shape index (κ1) is 16.8. The molecule has 1 amide bonds. The third-order valence-electron chi connectivity index (χ3n) is 3.83. The number of nitrogens with two attached hydrogens (primary N) is 1. The van der Waals surface area contributed by atoms with Crippen LogP contribution in [0.25, 0.3) is 0 Å². The summed E-state index contributed by atoms with van der Waals surface area (Å²) in [5.41, 5.74) is 6.44. The van der Waals surface area contributed by atoms with Gasteiger partial charge in [0.05, 0.1) is 5.56 Å². The zero-order valence-corrected chi connectivity index (χ0v) is 12.7. The van der Waals surface area contributed by atoms with Crippen molar-refractivity contribution in [3.63, 3.8) is 0 Å². The zero-order valence-electron chi connectivity index (χ0n) is 12.7. The highest BCUT2D eigenvalue weighted by molar-refractivity contribution is 6.02. The Kier molecular flexibility index (Phi) is 4.12. The van der Waals surface area contributed by atoms with Crippen molar-refractivity contribution in [3.8, 4) is 5.75 Å². The summed E-state index contributed by atoms with van der Waals surface area (Å²) in [6, 6.07) is 9.97. The number of amides is 1. The molecule has 0 aliphatic carbocycles. The second-order valence-electron chi connectivity index (χ2n) is 5.54. The first-order chi connectivity index (χ1) is 11.7. The fourth-order valence-electron chi connectivity index (χ4n) is 2.68. The lowest BCUT2D eigenvalue weighted by Crippen LogP contribution is -2.16. The van der Waals surface area contributed by atoms with E-state index in [0.29, 0.717) is 22.4 Å². The fraction of sp³-hybridized carbons (Fsp3) is 0.176. The van der Waals surface area contributed by atoms with Crippen LogP contribution in [0, 0.1) is 0 Å². The van der Waals surface area contributed by atoms with Gasteiger partial charge in [-0.15, -0.1) is 0 Å². The topological polar surface area (TPSA) is 84.9 Å². The maximum atomic E-state index is 12.8. The van der Waals surface area contributed by atoms with Gasteiger partial charge in [0.1, 0.15) is 17.7 Å². The van der Waals surface area contributed by atoms with Gasteiger partial charge in [-0.05, 0) is 35.4 Å². The Morgan fingerprint density at radius 1 is 1.24 bits per heavy atom. The van der Waals surface area contributed by atoms with Crippen molar-refractivity contribution in [2.24, 2.45) is 10.7 Å². The van der Waals surface area contributed by atoms with E-state index in [1.54, 1.807) is 24.3 Å². The van der Waals surface area contributed by atoms with Gasteiger partial charge in [0.25, 0.3) is 0 Å². The minimum absolute atomic E-state index is 0.163. The number of hydrogen-bond donors (Lipinski definition) is 2. The third kappa shape index (κ3) is 3.57. The van der Waals surface area contributed by atoms with Crippen LogP contribution >= 0.6 is 0 Å². The highest BCUT2D eigenvalue weighted by Gasteiger charge is 2.33. The van der Waals surface area contributed by atoms with Crippen molar-refractivity contribution in [2.75, 3.05) is 0 Å². The van der Waals surface area contributed by atoms with E-state index in [1.165, 1.54) is 6.07 Å². The third-order valence-corrected chi connectivity index (χ3v) is 3.83. The normalized spacial score (nSPS) is 17.1. The van der Waals surface area contributed by atoms with E-state index in [2.05, 4.69) is 4.99 Å². The van der Waals surface area contributed by atoms with Crippen LogP contribution in [-0.4, -0.2) is 17.0 Å². The van der Waals surface area contributed by atoms with E-state index in [-0.39, 0.29) is 12.3 Å². The second kappa shape index (κ2) is 6.12. The van der Waals surface area contributed by atoms with Crippen LogP contribution < -0.4 is 10.5 Å². The summed E-state index contributed by atoms with van der Waals surface area (Å²) in [6.07, 6.45) is -6.02. The minimum atomic E-state index is -4.41. The predicted octanol–water partition coefficient (Wildman–Crippen LogP) is 3.76. The Morgan fingerprint density at radius 3 is 2.68 bits per heavy atom. The second-order valence-corrected chi connectivity index (χ2v) is 5.54. The molecule has 8 heteroatoms. The predicted molar refractivity (Wildman–Crippen MR) is 83.7 cm³/mol. The molecule has 2 aromatic carbocycles. The lowest BCUT2D eigenvalue weighted by Gasteiger charge is -2.12. The Bertz CT molecular complexity index is 862. The van der Waals surface area contributed by atoms with Gasteiger partial charge in [0.2, 0.25) is 0 Å². The van der Waals surface area contributed by atoms with Crippen molar-refractivity contribution in [1.82, 2.24) is 0 Å². The summed E-state index contributed by atoms with van der Waals surface area (Å²) >= 11 is 0. The molecule has 130 valence electrons. The molecule has 0 saturated carbocycles. The number of benzene rings is 2. The number of ether oxygens (including phenoxy) is 1. The van der Waals surface area contributed by atoms with Crippen molar-refractivity contribution in [3.05, 3.63) is 64.7 Å². The molecule has 3 N–H and O–H groups in total. The summed E-state index contributed by atoms with van der Waals surface area (Å²) in [5, 5.41) is 8.65. The van der Waals surface area contributed by atoms with Gasteiger partial charge in [-0.2, -0.15) is 18.2 Å². The fourth-order valence-corrected chi connectivity index (χ4v) is 2.68. The number of nitrogens with zero attached hydrogens (tertiary/aromatic N) is 1. The number of hydrogen-bond acceptors (Lipinski definition) is 2. The molecule has 1 atom stereocenters. The minimum Gasteiger partial charge on any atom is -0.485 e. The molecule has 3 rings (SSSR count). The zero-order chi connectivity index (χ0) is 18.2. The number of halogens is 3. The maximum Gasteiger partial charge on any atom is 0.433 e. The summed E-state index contributed by atoms with van der Waals surface area (Å²) in [6.45, 7) is 0. The number of rotatable bonds is 2. The molecule has 0 unspecified atom stereocenters. The molecule has 25 heavy (non-hydrogen) atoms. The smallest absolute Gasteiger partial charge is 0.433 e. The lowest BCUT2D eigenvalue weighted by molar-refractivity contribution is -0.137. The Hall–Kier alpha value is -3.03. The van der Waals surface area contributed by atoms with Crippen LogP contribution in [0.15, 0.2) is 47.5 Å². The number of fused-ring (bicyclic) bond motifs is 1. The van der Waals surface area contributed by atoms with Crippen LogP contribution in [0.3, 0.4) is 0 Å². The largest absolute Gasteiger partial charge is 0.485 e. The summed E-state index contributed by atoms with van der Waals surface area (Å²) in [5.74, 6) is 0.236. The molecule has 1 aliphatic heterocycles. The number of alkyl halides is 3. The van der Waals surface area contributed by atoms with Crippen molar-refractivity contribution >= 4 is 11.9 Å². The molecule has 2 aromatic rings. The van der Waals surface area contributed by atoms with E-state index in [4.69, 9.17) is 15.6 Å². The SMILES string of the molecule is N/C(=N\C(=O)O)c1cccc([C@H]2Cc3cc(C(F)(F)F)ccc3O2)c1. The first-order valence-electron chi connectivity index (χ1n) is 7.28. The van der Waals surface area contributed by atoms with Gasteiger partial charge in [-0.3, -0.25) is 0 Å². The van der Waals surface area contributed by atoms with E-state index < -0.39 is 23.9 Å². The van der Waals surface area contributed by atoms with Crippen molar-refractivity contribution in [1.29, 1.82) is 0 Å². The first-order valence-corrected chi connectivity index (χ1v) is 7.28. The van der Waals surface area contributed by atoms with Crippen LogP contribution in [0.2, 0.25) is 0 Å². The average Bonchev–Trinajstić information content (AvgIpc) is 2.96. The highest BCUT2D eigenvalue weighted by Crippen LogP contribution is 2.40. The molecule has 0 fully saturated rings. The van der Waals surface area contributed by atoms with Crippen LogP contribution in [0.5, 0.6) is 5.75 Å². The molecule has 1 heterocycles. The standard InChI is InChI=1S/C17H13F3N2O3/c18-17(19,20)12-4-5-13-11(7-12)8-14(25-13)9-2-1-3-10(6-9)15(21)22-16(23)24/h1-7,14H,8H2,(H2,21,22)(H,23,24)/t14-/m1/s1. The van der Waals surface area contributed by atoms with E-state index in [1.807, 2.05) is 0 Å². The molecular formula is C17H13F3N2O3. The highest BCUT2D eigenvalue weighted by atomic mass is 19.4. The maximum absolute atomic E-state index is 12.8. The number of carbonyl (C=O) groups is 1.